The second-order valence-electron chi connectivity index (χ2n) is 3.33. The Morgan fingerprint density at radius 1 is 1.47 bits per heavy atom. The fourth-order valence-electron chi connectivity index (χ4n) is 1.42. The van der Waals surface area contributed by atoms with Gasteiger partial charge in [0.1, 0.15) is 0 Å². The van der Waals surface area contributed by atoms with E-state index in [1.54, 1.807) is 7.05 Å². The summed E-state index contributed by atoms with van der Waals surface area (Å²) in [6.45, 7) is 0. The smallest absolute Gasteiger partial charge is 0.353 e. The minimum absolute atomic E-state index is 0.236. The summed E-state index contributed by atoms with van der Waals surface area (Å²) in [5.41, 5.74) is 0.493. The standard InChI is InChI=1S/C10H9BrIN3O2/c1-14-10(16)15(9(13-14)17-2)6-3-4-7(11)8(12)5-6/h3-5H,1-2H3. The van der Waals surface area contributed by atoms with Crippen LogP contribution in [0.3, 0.4) is 0 Å². The molecule has 1 aromatic heterocycles. The van der Waals surface area contributed by atoms with Gasteiger partial charge in [-0.2, -0.15) is 0 Å². The van der Waals surface area contributed by atoms with Crippen molar-refractivity contribution in [1.82, 2.24) is 14.3 Å². The second kappa shape index (κ2) is 4.81. The third-order valence-electron chi connectivity index (χ3n) is 2.24. The van der Waals surface area contributed by atoms with E-state index in [1.807, 2.05) is 18.2 Å². The van der Waals surface area contributed by atoms with Crippen molar-refractivity contribution in [3.05, 3.63) is 36.7 Å². The summed E-state index contributed by atoms with van der Waals surface area (Å²) in [6, 6.07) is 5.87. The number of ether oxygens (including phenoxy) is 1. The average Bonchev–Trinajstić information content (AvgIpc) is 2.59. The molecule has 2 rings (SSSR count). The van der Waals surface area contributed by atoms with Crippen molar-refractivity contribution < 1.29 is 4.74 Å². The van der Waals surface area contributed by atoms with Crippen LogP contribution in [-0.4, -0.2) is 21.5 Å². The Balaban J connectivity index is 2.67. The number of hydrogen-bond acceptors (Lipinski definition) is 3. The van der Waals surface area contributed by atoms with Crippen LogP contribution >= 0.6 is 38.5 Å². The first-order valence-corrected chi connectivity index (χ1v) is 6.57. The summed E-state index contributed by atoms with van der Waals surface area (Å²) in [7, 11) is 3.08. The van der Waals surface area contributed by atoms with Gasteiger partial charge < -0.3 is 4.74 Å². The maximum absolute atomic E-state index is 11.9. The zero-order chi connectivity index (χ0) is 12.6. The summed E-state index contributed by atoms with van der Waals surface area (Å²) >= 11 is 5.60. The molecular formula is C10H9BrIN3O2. The lowest BCUT2D eigenvalue weighted by Gasteiger charge is -2.05. The van der Waals surface area contributed by atoms with E-state index in [0.717, 1.165) is 13.7 Å². The first kappa shape index (κ1) is 12.6. The molecule has 0 saturated carbocycles. The highest BCUT2D eigenvalue weighted by atomic mass is 127. The monoisotopic (exact) mass is 409 g/mol. The van der Waals surface area contributed by atoms with Gasteiger partial charge in [0.25, 0.3) is 0 Å². The molecule has 5 nitrogen and oxygen atoms in total. The quantitative estimate of drug-likeness (QED) is 0.712. The number of methoxy groups -OCH3 is 1. The van der Waals surface area contributed by atoms with E-state index >= 15 is 0 Å². The highest BCUT2D eigenvalue weighted by molar-refractivity contribution is 14.1. The van der Waals surface area contributed by atoms with E-state index in [9.17, 15) is 4.79 Å². The highest BCUT2D eigenvalue weighted by Gasteiger charge is 2.13. The molecule has 0 fully saturated rings. The maximum atomic E-state index is 11.9. The number of aryl methyl sites for hydroxylation is 1. The number of nitrogens with zero attached hydrogens (tertiary/aromatic N) is 3. The summed E-state index contributed by atoms with van der Waals surface area (Å²) in [4.78, 5) is 11.9. The molecule has 0 unspecified atom stereocenters. The van der Waals surface area contributed by atoms with E-state index in [2.05, 4.69) is 43.6 Å². The third kappa shape index (κ3) is 2.25. The lowest BCUT2D eigenvalue weighted by atomic mass is 10.3. The Hall–Kier alpha value is -0.830. The summed E-state index contributed by atoms with van der Waals surface area (Å²) in [5, 5.41) is 3.99. The van der Waals surface area contributed by atoms with Gasteiger partial charge in [-0.25, -0.2) is 14.0 Å². The van der Waals surface area contributed by atoms with Crippen LogP contribution in [0, 0.1) is 3.57 Å². The molecule has 0 N–H and O–H groups in total. The van der Waals surface area contributed by atoms with Crippen molar-refractivity contribution in [3.8, 4) is 11.7 Å². The number of rotatable bonds is 2. The molecule has 17 heavy (non-hydrogen) atoms. The number of hydrogen-bond donors (Lipinski definition) is 0. The molecule has 0 amide bonds. The van der Waals surface area contributed by atoms with Crippen molar-refractivity contribution in [2.45, 2.75) is 0 Å². The van der Waals surface area contributed by atoms with E-state index in [4.69, 9.17) is 4.74 Å². The van der Waals surface area contributed by atoms with E-state index in [1.165, 1.54) is 16.4 Å². The Bertz CT molecular complexity index is 620. The lowest BCUT2D eigenvalue weighted by Crippen LogP contribution is -2.21. The van der Waals surface area contributed by atoms with Crippen LogP contribution in [0.2, 0.25) is 0 Å². The first-order valence-electron chi connectivity index (χ1n) is 4.70. The van der Waals surface area contributed by atoms with Gasteiger partial charge in [-0.05, 0) is 56.7 Å². The molecule has 0 aliphatic heterocycles. The Kier molecular flexibility index (Phi) is 3.57. The molecule has 0 spiro atoms. The summed E-state index contributed by atoms with van der Waals surface area (Å²) < 4.78 is 9.75. The Labute approximate surface area is 120 Å². The van der Waals surface area contributed by atoms with E-state index in [-0.39, 0.29) is 11.7 Å². The first-order chi connectivity index (χ1) is 8.04. The van der Waals surface area contributed by atoms with Gasteiger partial charge in [0.05, 0.1) is 12.8 Å². The van der Waals surface area contributed by atoms with Crippen molar-refractivity contribution in [3.63, 3.8) is 0 Å². The number of halogens is 2. The molecule has 0 aliphatic carbocycles. The van der Waals surface area contributed by atoms with E-state index in [0.29, 0.717) is 0 Å². The largest absolute Gasteiger partial charge is 0.467 e. The van der Waals surface area contributed by atoms with Crippen molar-refractivity contribution in [2.24, 2.45) is 7.05 Å². The molecule has 1 aromatic carbocycles. The molecular weight excluding hydrogens is 401 g/mol. The molecule has 0 aliphatic rings. The fraction of sp³-hybridized carbons (Fsp3) is 0.200. The summed E-state index contributed by atoms with van der Waals surface area (Å²) in [5.74, 6) is 0. The molecule has 0 atom stereocenters. The van der Waals surface area contributed by atoms with Gasteiger partial charge in [-0.15, -0.1) is 5.10 Å². The molecule has 0 saturated heterocycles. The number of benzene rings is 1. The molecule has 90 valence electrons. The van der Waals surface area contributed by atoms with Crippen molar-refractivity contribution in [1.29, 1.82) is 0 Å². The van der Waals surface area contributed by atoms with Crippen LogP contribution < -0.4 is 10.4 Å². The van der Waals surface area contributed by atoms with Gasteiger partial charge in [0, 0.05) is 15.1 Å². The highest BCUT2D eigenvalue weighted by Crippen LogP contribution is 2.23. The third-order valence-corrected chi connectivity index (χ3v) is 4.56. The van der Waals surface area contributed by atoms with Crippen LogP contribution in [0.15, 0.2) is 27.5 Å². The minimum Gasteiger partial charge on any atom is -0.467 e. The fourth-order valence-corrected chi connectivity index (χ4v) is 2.16. The SMILES string of the molecule is COc1nn(C)c(=O)n1-c1ccc(Br)c(I)c1. The lowest BCUT2D eigenvalue weighted by molar-refractivity contribution is 0.368. The van der Waals surface area contributed by atoms with Crippen LogP contribution in [-0.2, 0) is 7.05 Å². The molecule has 0 bridgehead atoms. The van der Waals surface area contributed by atoms with Crippen molar-refractivity contribution >= 4 is 38.5 Å². The molecule has 1 heterocycles. The van der Waals surface area contributed by atoms with Crippen LogP contribution in [0.5, 0.6) is 6.01 Å². The Morgan fingerprint density at radius 3 is 2.76 bits per heavy atom. The average molecular weight is 410 g/mol. The van der Waals surface area contributed by atoms with Crippen LogP contribution in [0.4, 0.5) is 0 Å². The molecule has 2 aromatic rings. The van der Waals surface area contributed by atoms with Crippen LogP contribution in [0.1, 0.15) is 0 Å². The van der Waals surface area contributed by atoms with Gasteiger partial charge in [0.15, 0.2) is 0 Å². The molecule has 7 heteroatoms. The predicted octanol–water partition coefficient (Wildman–Crippen LogP) is 1.95. The normalized spacial score (nSPS) is 10.6. The maximum Gasteiger partial charge on any atom is 0.353 e. The zero-order valence-corrected chi connectivity index (χ0v) is 12.9. The topological polar surface area (TPSA) is 49.1 Å². The van der Waals surface area contributed by atoms with Gasteiger partial charge in [-0.1, -0.05) is 0 Å². The predicted molar refractivity (Wildman–Crippen MR) is 75.8 cm³/mol. The van der Waals surface area contributed by atoms with Crippen LogP contribution in [0.25, 0.3) is 5.69 Å². The summed E-state index contributed by atoms with van der Waals surface area (Å²) in [6.07, 6.45) is 0. The van der Waals surface area contributed by atoms with Crippen molar-refractivity contribution in [2.75, 3.05) is 7.11 Å². The minimum atomic E-state index is -0.236. The van der Waals surface area contributed by atoms with Gasteiger partial charge in [-0.3, -0.25) is 0 Å². The number of aromatic nitrogens is 3. The zero-order valence-electron chi connectivity index (χ0n) is 9.15. The molecule has 0 radical (unpaired) electrons. The second-order valence-corrected chi connectivity index (χ2v) is 5.34. The Morgan fingerprint density at radius 2 is 2.18 bits per heavy atom. The van der Waals surface area contributed by atoms with Gasteiger partial charge in [0.2, 0.25) is 0 Å². The van der Waals surface area contributed by atoms with E-state index < -0.39 is 0 Å². The van der Waals surface area contributed by atoms with Gasteiger partial charge >= 0.3 is 11.7 Å².